The highest BCUT2D eigenvalue weighted by atomic mass is 16.2. The quantitative estimate of drug-likeness (QED) is 0.282. The minimum atomic E-state index is -0.807. The zero-order chi connectivity index (χ0) is 27.8. The van der Waals surface area contributed by atoms with E-state index >= 15 is 0 Å². The van der Waals surface area contributed by atoms with Crippen LogP contribution in [0.5, 0.6) is 0 Å². The summed E-state index contributed by atoms with van der Waals surface area (Å²) in [5, 5.41) is 21.7. The summed E-state index contributed by atoms with van der Waals surface area (Å²) in [6.45, 7) is 3.53. The molecule has 204 valence electrons. The summed E-state index contributed by atoms with van der Waals surface area (Å²) in [5.41, 5.74) is 2.30. The number of amides is 4. The zero-order valence-electron chi connectivity index (χ0n) is 21.9. The van der Waals surface area contributed by atoms with Gasteiger partial charge in [0.2, 0.25) is 23.6 Å². The van der Waals surface area contributed by atoms with Crippen molar-refractivity contribution in [1.29, 1.82) is 0 Å². The number of tetrazole rings is 1. The number of para-hydroxylation sites is 1. The van der Waals surface area contributed by atoms with Crippen LogP contribution in [0.3, 0.4) is 0 Å². The van der Waals surface area contributed by atoms with E-state index in [0.717, 1.165) is 11.1 Å². The molecule has 4 amide bonds. The lowest BCUT2D eigenvalue weighted by atomic mass is 9.98. The van der Waals surface area contributed by atoms with Gasteiger partial charge in [-0.3, -0.25) is 24.1 Å². The number of anilines is 1. The fourth-order valence-corrected chi connectivity index (χ4v) is 4.51. The van der Waals surface area contributed by atoms with Gasteiger partial charge in [-0.25, -0.2) is 0 Å². The van der Waals surface area contributed by atoms with Crippen molar-refractivity contribution in [1.82, 2.24) is 36.6 Å². The summed E-state index contributed by atoms with van der Waals surface area (Å²) in [6, 6.07) is 14.9. The van der Waals surface area contributed by atoms with E-state index in [1.807, 2.05) is 56.3 Å². The molecule has 2 aromatic carbocycles. The Hall–Kier alpha value is -4.61. The highest BCUT2D eigenvalue weighted by molar-refractivity contribution is 6.05. The first-order valence-electron chi connectivity index (χ1n) is 12.9. The second kappa shape index (κ2) is 12.8. The van der Waals surface area contributed by atoms with E-state index in [1.54, 1.807) is 12.1 Å². The molecule has 0 bridgehead atoms. The molecule has 3 aromatic rings. The highest BCUT2D eigenvalue weighted by Crippen LogP contribution is 2.32. The SMILES string of the molecule is CCC(C)C(NC(=O)Cc1ccccc1)C(=O)NCC(=O)N1c2ccccc2C[C@H]1C(=O)NCc1nn[nH]n1. The molecule has 1 aromatic heterocycles. The maximum atomic E-state index is 13.4. The van der Waals surface area contributed by atoms with Crippen molar-refractivity contribution < 1.29 is 19.2 Å². The molecule has 12 nitrogen and oxygen atoms in total. The minimum absolute atomic E-state index is 0.0558. The lowest BCUT2D eigenvalue weighted by Gasteiger charge is -2.26. The van der Waals surface area contributed by atoms with Gasteiger partial charge in [0.05, 0.1) is 19.5 Å². The minimum Gasteiger partial charge on any atom is -0.347 e. The molecule has 2 unspecified atom stereocenters. The Balaban J connectivity index is 1.41. The average Bonchev–Trinajstić information content (AvgIpc) is 3.61. The van der Waals surface area contributed by atoms with E-state index in [4.69, 9.17) is 0 Å². The van der Waals surface area contributed by atoms with Crippen LogP contribution in [0.1, 0.15) is 37.2 Å². The molecule has 0 saturated heterocycles. The van der Waals surface area contributed by atoms with Crippen molar-refractivity contribution in [2.75, 3.05) is 11.4 Å². The molecule has 12 heteroatoms. The van der Waals surface area contributed by atoms with Gasteiger partial charge in [-0.15, -0.1) is 10.2 Å². The second-order valence-electron chi connectivity index (χ2n) is 9.47. The molecule has 39 heavy (non-hydrogen) atoms. The summed E-state index contributed by atoms with van der Waals surface area (Å²) in [4.78, 5) is 53.7. The summed E-state index contributed by atoms with van der Waals surface area (Å²) in [6.07, 6.45) is 1.13. The van der Waals surface area contributed by atoms with Crippen LogP contribution in [-0.2, 0) is 38.6 Å². The average molecular weight is 533 g/mol. The van der Waals surface area contributed by atoms with E-state index < -0.39 is 23.9 Å². The summed E-state index contributed by atoms with van der Waals surface area (Å²) in [7, 11) is 0. The monoisotopic (exact) mass is 532 g/mol. The van der Waals surface area contributed by atoms with Gasteiger partial charge in [0.15, 0.2) is 5.82 Å². The number of carbonyl (C=O) groups excluding carboxylic acids is 4. The Morgan fingerprint density at radius 1 is 1.05 bits per heavy atom. The van der Waals surface area contributed by atoms with Crippen molar-refractivity contribution in [3.8, 4) is 0 Å². The third-order valence-corrected chi connectivity index (χ3v) is 6.79. The first-order chi connectivity index (χ1) is 18.9. The molecule has 0 radical (unpaired) electrons. The third kappa shape index (κ3) is 6.83. The van der Waals surface area contributed by atoms with E-state index in [0.29, 0.717) is 24.4 Å². The molecule has 2 heterocycles. The summed E-state index contributed by atoms with van der Waals surface area (Å²) in [5.74, 6) is -1.39. The van der Waals surface area contributed by atoms with Crippen LogP contribution in [-0.4, -0.2) is 62.9 Å². The van der Waals surface area contributed by atoms with Crippen LogP contribution in [0.4, 0.5) is 5.69 Å². The molecule has 4 rings (SSSR count). The smallest absolute Gasteiger partial charge is 0.247 e. The second-order valence-corrected chi connectivity index (χ2v) is 9.47. The van der Waals surface area contributed by atoms with Crippen LogP contribution in [0.2, 0.25) is 0 Å². The maximum absolute atomic E-state index is 13.4. The fourth-order valence-electron chi connectivity index (χ4n) is 4.51. The van der Waals surface area contributed by atoms with Gasteiger partial charge in [0.1, 0.15) is 12.1 Å². The van der Waals surface area contributed by atoms with Gasteiger partial charge in [-0.05, 0) is 23.1 Å². The zero-order valence-corrected chi connectivity index (χ0v) is 21.9. The summed E-state index contributed by atoms with van der Waals surface area (Å²) < 4.78 is 0. The topological polar surface area (TPSA) is 162 Å². The number of aromatic nitrogens is 4. The molecule has 1 aliphatic heterocycles. The van der Waals surface area contributed by atoms with Crippen molar-refractivity contribution in [2.45, 2.75) is 51.7 Å². The lowest BCUT2D eigenvalue weighted by molar-refractivity contribution is -0.131. The number of nitrogens with zero attached hydrogens (tertiary/aromatic N) is 4. The van der Waals surface area contributed by atoms with E-state index in [1.165, 1.54) is 4.90 Å². The van der Waals surface area contributed by atoms with Crippen LogP contribution in [0, 0.1) is 5.92 Å². The Bertz CT molecular complexity index is 1300. The van der Waals surface area contributed by atoms with E-state index in [9.17, 15) is 19.2 Å². The van der Waals surface area contributed by atoms with Crippen molar-refractivity contribution in [3.05, 3.63) is 71.5 Å². The fraction of sp³-hybridized carbons (Fsp3) is 0.370. The van der Waals surface area contributed by atoms with Crippen LogP contribution in [0.15, 0.2) is 54.6 Å². The number of hydrogen-bond donors (Lipinski definition) is 4. The molecule has 0 spiro atoms. The number of H-pyrrole nitrogens is 1. The highest BCUT2D eigenvalue weighted by Gasteiger charge is 2.38. The molecule has 0 saturated carbocycles. The van der Waals surface area contributed by atoms with Crippen molar-refractivity contribution in [3.63, 3.8) is 0 Å². The Morgan fingerprint density at radius 2 is 1.79 bits per heavy atom. The normalized spacial score (nSPS) is 15.6. The molecule has 4 N–H and O–H groups in total. The van der Waals surface area contributed by atoms with Gasteiger partial charge in [0, 0.05) is 12.1 Å². The number of fused-ring (bicyclic) bond motifs is 1. The molecule has 0 fully saturated rings. The standard InChI is InChI=1S/C27H32N8O4/c1-3-17(2)25(30-23(36)13-18-9-5-4-6-10-18)27(39)29-16-24(37)35-20-12-8-7-11-19(20)14-21(35)26(38)28-15-22-31-33-34-32-22/h4-12,17,21,25H,3,13-16H2,1-2H3,(H,28,38)(H,29,39)(H,30,36)(H,31,32,33,34)/t17?,21-,25?/m0/s1. The van der Waals surface area contributed by atoms with Crippen LogP contribution >= 0.6 is 0 Å². The predicted octanol–water partition coefficient (Wildman–Crippen LogP) is 0.664. The first kappa shape index (κ1) is 27.4. The largest absolute Gasteiger partial charge is 0.347 e. The van der Waals surface area contributed by atoms with Gasteiger partial charge in [-0.1, -0.05) is 74.0 Å². The lowest BCUT2D eigenvalue weighted by Crippen LogP contribution is -2.54. The van der Waals surface area contributed by atoms with Gasteiger partial charge in [-0.2, -0.15) is 5.21 Å². The van der Waals surface area contributed by atoms with E-state index in [2.05, 4.69) is 36.6 Å². The number of rotatable bonds is 11. The third-order valence-electron chi connectivity index (χ3n) is 6.79. The van der Waals surface area contributed by atoms with Gasteiger partial charge >= 0.3 is 0 Å². The van der Waals surface area contributed by atoms with Crippen LogP contribution in [0.25, 0.3) is 0 Å². The number of hydrogen-bond acceptors (Lipinski definition) is 7. The molecular formula is C27H32N8O4. The van der Waals surface area contributed by atoms with Crippen LogP contribution < -0.4 is 20.9 Å². The van der Waals surface area contributed by atoms with Crippen molar-refractivity contribution >= 4 is 29.3 Å². The number of nitrogens with one attached hydrogen (secondary N) is 4. The molecule has 1 aliphatic rings. The van der Waals surface area contributed by atoms with Gasteiger partial charge in [0.25, 0.3) is 0 Å². The molecular weight excluding hydrogens is 500 g/mol. The van der Waals surface area contributed by atoms with Gasteiger partial charge < -0.3 is 16.0 Å². The number of aromatic amines is 1. The maximum Gasteiger partial charge on any atom is 0.247 e. The van der Waals surface area contributed by atoms with Crippen molar-refractivity contribution in [2.24, 2.45) is 5.92 Å². The Labute approximate surface area is 225 Å². The predicted molar refractivity (Wildman–Crippen MR) is 142 cm³/mol. The summed E-state index contributed by atoms with van der Waals surface area (Å²) >= 11 is 0. The molecule has 0 aliphatic carbocycles. The molecule has 3 atom stereocenters. The van der Waals surface area contributed by atoms with E-state index in [-0.39, 0.29) is 37.2 Å². The first-order valence-corrected chi connectivity index (χ1v) is 12.9. The number of benzene rings is 2. The number of carbonyl (C=O) groups is 4. The Kier molecular flexibility index (Phi) is 8.97. The Morgan fingerprint density at radius 3 is 2.51 bits per heavy atom.